The highest BCUT2D eigenvalue weighted by Gasteiger charge is 2.39. The number of nitrogens with two attached hydrogens (primary N) is 1. The highest BCUT2D eigenvalue weighted by atomic mass is 35.5. The zero-order chi connectivity index (χ0) is 15.0. The SMILES string of the molecule is NS(=O)(=O)c1ccc(OC[C@@H]2C[C@H]3COC[C@H]3O2)c(Cl)c1. The molecule has 0 amide bonds. The van der Waals surface area contributed by atoms with Gasteiger partial charge in [0.2, 0.25) is 10.0 Å². The van der Waals surface area contributed by atoms with Crippen LogP contribution in [0, 0.1) is 5.92 Å². The molecule has 0 spiro atoms. The molecule has 2 fully saturated rings. The van der Waals surface area contributed by atoms with Crippen molar-refractivity contribution in [1.82, 2.24) is 0 Å². The highest BCUT2D eigenvalue weighted by Crippen LogP contribution is 2.33. The van der Waals surface area contributed by atoms with Gasteiger partial charge in [0, 0.05) is 5.92 Å². The van der Waals surface area contributed by atoms with Crippen LogP contribution in [0.1, 0.15) is 6.42 Å². The fourth-order valence-electron chi connectivity index (χ4n) is 2.66. The predicted molar refractivity (Wildman–Crippen MR) is 75.9 cm³/mol. The van der Waals surface area contributed by atoms with E-state index in [2.05, 4.69) is 0 Å². The summed E-state index contributed by atoms with van der Waals surface area (Å²) < 4.78 is 39.2. The van der Waals surface area contributed by atoms with Gasteiger partial charge in [0.05, 0.1) is 35.3 Å². The zero-order valence-corrected chi connectivity index (χ0v) is 12.8. The molecule has 116 valence electrons. The Labute approximate surface area is 128 Å². The average Bonchev–Trinajstić information content (AvgIpc) is 2.96. The molecule has 21 heavy (non-hydrogen) atoms. The Morgan fingerprint density at radius 3 is 2.86 bits per heavy atom. The molecule has 1 aromatic rings. The topological polar surface area (TPSA) is 87.9 Å². The van der Waals surface area contributed by atoms with Crippen molar-refractivity contribution in [3.05, 3.63) is 23.2 Å². The maximum absolute atomic E-state index is 11.2. The molecule has 0 aliphatic carbocycles. The van der Waals surface area contributed by atoms with E-state index in [4.69, 9.17) is 31.0 Å². The van der Waals surface area contributed by atoms with Crippen LogP contribution >= 0.6 is 11.6 Å². The second-order valence-electron chi connectivity index (χ2n) is 5.28. The average molecular weight is 334 g/mol. The molecule has 2 aliphatic heterocycles. The zero-order valence-electron chi connectivity index (χ0n) is 11.2. The van der Waals surface area contributed by atoms with Crippen molar-refractivity contribution in [2.24, 2.45) is 11.1 Å². The van der Waals surface area contributed by atoms with Crippen molar-refractivity contribution in [2.45, 2.75) is 23.5 Å². The Hall–Kier alpha value is -0.860. The minimum absolute atomic E-state index is 0.0119. The first-order chi connectivity index (χ1) is 9.93. The standard InChI is InChI=1S/C13H16ClNO5S/c14-11-4-10(21(15,16)17)1-2-12(11)19-6-9-3-8-5-18-7-13(8)20-9/h1-2,4,8-9,13H,3,5-7H2,(H2,15,16,17)/t8-,9-,13+/m0/s1. The second-order valence-corrected chi connectivity index (χ2v) is 7.25. The van der Waals surface area contributed by atoms with E-state index in [-0.39, 0.29) is 22.1 Å². The normalized spacial score (nSPS) is 28.6. The van der Waals surface area contributed by atoms with Gasteiger partial charge in [-0.1, -0.05) is 11.6 Å². The summed E-state index contributed by atoms with van der Waals surface area (Å²) in [6, 6.07) is 4.15. The van der Waals surface area contributed by atoms with Gasteiger partial charge in [-0.15, -0.1) is 0 Å². The summed E-state index contributed by atoms with van der Waals surface area (Å²) in [4.78, 5) is -0.0383. The molecule has 0 saturated carbocycles. The molecule has 0 bridgehead atoms. The van der Waals surface area contributed by atoms with Crippen LogP contribution in [0.25, 0.3) is 0 Å². The van der Waals surface area contributed by atoms with Gasteiger partial charge in [-0.3, -0.25) is 0 Å². The maximum Gasteiger partial charge on any atom is 0.238 e. The lowest BCUT2D eigenvalue weighted by atomic mass is 10.0. The number of halogens is 1. The minimum Gasteiger partial charge on any atom is -0.489 e. The largest absolute Gasteiger partial charge is 0.489 e. The number of hydrogen-bond donors (Lipinski definition) is 1. The molecule has 2 heterocycles. The summed E-state index contributed by atoms with van der Waals surface area (Å²) in [5, 5.41) is 5.25. The molecule has 2 aliphatic rings. The van der Waals surface area contributed by atoms with Crippen LogP contribution < -0.4 is 9.88 Å². The van der Waals surface area contributed by atoms with Crippen molar-refractivity contribution < 1.29 is 22.6 Å². The Morgan fingerprint density at radius 1 is 1.38 bits per heavy atom. The van der Waals surface area contributed by atoms with Crippen molar-refractivity contribution in [3.63, 3.8) is 0 Å². The third-order valence-corrected chi connectivity index (χ3v) is 4.94. The minimum atomic E-state index is -3.76. The molecular weight excluding hydrogens is 318 g/mol. The molecule has 2 saturated heterocycles. The summed E-state index contributed by atoms with van der Waals surface area (Å²) in [6.45, 7) is 1.76. The first-order valence-electron chi connectivity index (χ1n) is 6.62. The third-order valence-electron chi connectivity index (χ3n) is 3.73. The molecule has 0 radical (unpaired) electrons. The number of ether oxygens (including phenoxy) is 3. The lowest BCUT2D eigenvalue weighted by Crippen LogP contribution is -2.20. The molecule has 6 nitrogen and oxygen atoms in total. The Morgan fingerprint density at radius 2 is 2.19 bits per heavy atom. The number of benzene rings is 1. The predicted octanol–water partition coefficient (Wildman–Crippen LogP) is 1.17. The van der Waals surface area contributed by atoms with E-state index in [1.165, 1.54) is 18.2 Å². The lowest BCUT2D eigenvalue weighted by Gasteiger charge is -2.14. The lowest BCUT2D eigenvalue weighted by molar-refractivity contribution is -0.00101. The smallest absolute Gasteiger partial charge is 0.238 e. The van der Waals surface area contributed by atoms with Gasteiger partial charge >= 0.3 is 0 Å². The van der Waals surface area contributed by atoms with Crippen LogP contribution in [0.4, 0.5) is 0 Å². The molecule has 1 aromatic carbocycles. The van der Waals surface area contributed by atoms with Crippen LogP contribution in [-0.2, 0) is 19.5 Å². The Balaban J connectivity index is 1.61. The molecule has 8 heteroatoms. The number of rotatable bonds is 4. The van der Waals surface area contributed by atoms with Gasteiger partial charge in [-0.2, -0.15) is 0 Å². The van der Waals surface area contributed by atoms with Gasteiger partial charge in [0.1, 0.15) is 12.4 Å². The summed E-state index contributed by atoms with van der Waals surface area (Å²) in [7, 11) is -3.76. The fraction of sp³-hybridized carbons (Fsp3) is 0.538. The van der Waals surface area contributed by atoms with Crippen LogP contribution in [0.15, 0.2) is 23.1 Å². The molecule has 0 aromatic heterocycles. The van der Waals surface area contributed by atoms with E-state index in [0.29, 0.717) is 24.9 Å². The number of hydrogen-bond acceptors (Lipinski definition) is 5. The van der Waals surface area contributed by atoms with Crippen LogP contribution in [0.5, 0.6) is 5.75 Å². The van der Waals surface area contributed by atoms with Crippen molar-refractivity contribution in [2.75, 3.05) is 19.8 Å². The van der Waals surface area contributed by atoms with Gasteiger partial charge in [0.25, 0.3) is 0 Å². The Kier molecular flexibility index (Phi) is 4.11. The maximum atomic E-state index is 11.2. The van der Waals surface area contributed by atoms with Crippen molar-refractivity contribution in [1.29, 1.82) is 0 Å². The van der Waals surface area contributed by atoms with Crippen LogP contribution in [0.2, 0.25) is 5.02 Å². The summed E-state index contributed by atoms with van der Waals surface area (Å²) in [5.74, 6) is 0.861. The third kappa shape index (κ3) is 3.32. The van der Waals surface area contributed by atoms with E-state index in [0.717, 1.165) is 13.0 Å². The first kappa shape index (κ1) is 15.1. The molecular formula is C13H16ClNO5S. The molecule has 3 atom stereocenters. The van der Waals surface area contributed by atoms with E-state index >= 15 is 0 Å². The van der Waals surface area contributed by atoms with E-state index in [1.807, 2.05) is 0 Å². The quantitative estimate of drug-likeness (QED) is 0.893. The summed E-state index contributed by atoms with van der Waals surface area (Å²) in [6.07, 6.45) is 1.08. The number of sulfonamides is 1. The van der Waals surface area contributed by atoms with E-state index < -0.39 is 10.0 Å². The first-order valence-corrected chi connectivity index (χ1v) is 8.54. The van der Waals surface area contributed by atoms with Crippen molar-refractivity contribution in [3.8, 4) is 5.75 Å². The van der Waals surface area contributed by atoms with E-state index in [9.17, 15) is 8.42 Å². The van der Waals surface area contributed by atoms with Gasteiger partial charge < -0.3 is 14.2 Å². The van der Waals surface area contributed by atoms with Gasteiger partial charge in [0.15, 0.2) is 0 Å². The van der Waals surface area contributed by atoms with Gasteiger partial charge in [-0.05, 0) is 24.6 Å². The molecule has 0 unspecified atom stereocenters. The van der Waals surface area contributed by atoms with Gasteiger partial charge in [-0.25, -0.2) is 13.6 Å². The van der Waals surface area contributed by atoms with E-state index in [1.54, 1.807) is 0 Å². The fourth-order valence-corrected chi connectivity index (χ4v) is 3.49. The Bertz CT molecular complexity index is 623. The second kappa shape index (κ2) is 5.73. The van der Waals surface area contributed by atoms with Crippen molar-refractivity contribution >= 4 is 21.6 Å². The highest BCUT2D eigenvalue weighted by molar-refractivity contribution is 7.89. The number of primary sulfonamides is 1. The molecule has 3 rings (SSSR count). The monoisotopic (exact) mass is 333 g/mol. The number of fused-ring (bicyclic) bond motifs is 1. The molecule has 2 N–H and O–H groups in total. The summed E-state index contributed by atoms with van der Waals surface area (Å²) in [5.41, 5.74) is 0. The summed E-state index contributed by atoms with van der Waals surface area (Å²) >= 11 is 6.01. The van der Waals surface area contributed by atoms with Crippen LogP contribution in [-0.4, -0.2) is 40.4 Å². The van der Waals surface area contributed by atoms with Crippen LogP contribution in [0.3, 0.4) is 0 Å².